The number of halogens is 1. The average molecular weight is 292 g/mol. The summed E-state index contributed by atoms with van der Waals surface area (Å²) in [6, 6.07) is 7.45. The van der Waals surface area contributed by atoms with Crippen LogP contribution in [0.5, 0.6) is 0 Å². The number of rotatable bonds is 4. The van der Waals surface area contributed by atoms with Gasteiger partial charge in [-0.15, -0.1) is 0 Å². The minimum atomic E-state index is -0.520. The molecule has 2 N–H and O–H groups in total. The van der Waals surface area contributed by atoms with E-state index in [4.69, 9.17) is 17.3 Å². The minimum Gasteiger partial charge on any atom is -0.385 e. The molecule has 1 aromatic rings. The Balaban J connectivity index is 1.84. The van der Waals surface area contributed by atoms with Crippen molar-refractivity contribution in [1.29, 1.82) is 0 Å². The van der Waals surface area contributed by atoms with Gasteiger partial charge in [-0.05, 0) is 43.4 Å². The zero-order valence-corrected chi connectivity index (χ0v) is 12.2. The molecule has 1 fully saturated rings. The zero-order valence-electron chi connectivity index (χ0n) is 11.5. The Bertz CT molecular complexity index is 565. The summed E-state index contributed by atoms with van der Waals surface area (Å²) < 4.78 is 0. The van der Waals surface area contributed by atoms with E-state index < -0.39 is 5.54 Å². The molecule has 1 aliphatic carbocycles. The SMILES string of the molecule is CC1(Cc2ccc(Cl)cc2)C(N)=NC(=O)N1CC1CC1. The lowest BCUT2D eigenvalue weighted by Crippen LogP contribution is -2.54. The van der Waals surface area contributed by atoms with Gasteiger partial charge < -0.3 is 10.6 Å². The predicted molar refractivity (Wildman–Crippen MR) is 80.0 cm³/mol. The quantitative estimate of drug-likeness (QED) is 0.927. The smallest absolute Gasteiger partial charge is 0.346 e. The molecular weight excluding hydrogens is 274 g/mol. The van der Waals surface area contributed by atoms with Gasteiger partial charge in [-0.3, -0.25) is 0 Å². The fourth-order valence-corrected chi connectivity index (χ4v) is 2.78. The number of amides is 2. The highest BCUT2D eigenvalue weighted by atomic mass is 35.5. The van der Waals surface area contributed by atoms with Crippen LogP contribution in [0.25, 0.3) is 0 Å². The molecule has 0 aromatic heterocycles. The molecule has 1 unspecified atom stereocenters. The van der Waals surface area contributed by atoms with Crippen LogP contribution in [0, 0.1) is 5.92 Å². The fraction of sp³-hybridized carbons (Fsp3) is 0.467. The van der Waals surface area contributed by atoms with E-state index in [9.17, 15) is 4.79 Å². The molecule has 0 radical (unpaired) electrons. The molecule has 20 heavy (non-hydrogen) atoms. The predicted octanol–water partition coefficient (Wildman–Crippen LogP) is 2.84. The van der Waals surface area contributed by atoms with Crippen molar-refractivity contribution in [3.63, 3.8) is 0 Å². The molecule has 4 nitrogen and oxygen atoms in total. The largest absolute Gasteiger partial charge is 0.385 e. The number of hydrogen-bond donors (Lipinski definition) is 1. The Labute approximate surface area is 123 Å². The number of hydrogen-bond acceptors (Lipinski definition) is 2. The molecule has 0 saturated heterocycles. The van der Waals surface area contributed by atoms with Crippen LogP contribution in [-0.2, 0) is 6.42 Å². The van der Waals surface area contributed by atoms with Gasteiger partial charge in [0.15, 0.2) is 0 Å². The standard InChI is InChI=1S/C15H18ClN3O/c1-15(8-10-4-6-12(16)7-5-10)13(17)18-14(20)19(15)9-11-2-3-11/h4-7,11H,2-3,8-9H2,1H3,(H2,17,18,20). The van der Waals surface area contributed by atoms with Crippen molar-refractivity contribution in [2.75, 3.05) is 6.54 Å². The fourth-order valence-electron chi connectivity index (χ4n) is 2.66. The molecule has 2 amide bonds. The van der Waals surface area contributed by atoms with Gasteiger partial charge in [-0.1, -0.05) is 23.7 Å². The molecule has 1 heterocycles. The number of carbonyl (C=O) groups excluding carboxylic acids is 1. The van der Waals surface area contributed by atoms with Gasteiger partial charge in [0, 0.05) is 18.0 Å². The van der Waals surface area contributed by atoms with E-state index in [0.717, 1.165) is 12.1 Å². The second-order valence-corrected chi connectivity index (χ2v) is 6.35. The number of nitrogens with two attached hydrogens (primary N) is 1. The number of carbonyl (C=O) groups is 1. The lowest BCUT2D eigenvalue weighted by molar-refractivity contribution is 0.174. The number of aliphatic imine (C=N–C) groups is 1. The van der Waals surface area contributed by atoms with Crippen LogP contribution in [-0.4, -0.2) is 28.9 Å². The van der Waals surface area contributed by atoms with Crippen LogP contribution in [0.4, 0.5) is 4.79 Å². The highest BCUT2D eigenvalue weighted by molar-refractivity contribution is 6.30. The maximum Gasteiger partial charge on any atom is 0.346 e. The van der Waals surface area contributed by atoms with Gasteiger partial charge in [0.2, 0.25) is 0 Å². The second kappa shape index (κ2) is 4.77. The summed E-state index contributed by atoms with van der Waals surface area (Å²) in [5.41, 5.74) is 6.61. The minimum absolute atomic E-state index is 0.203. The van der Waals surface area contributed by atoms with E-state index in [1.165, 1.54) is 12.8 Å². The van der Waals surface area contributed by atoms with E-state index in [1.54, 1.807) is 0 Å². The maximum atomic E-state index is 12.0. The van der Waals surface area contributed by atoms with Crippen LogP contribution in [0.15, 0.2) is 29.3 Å². The van der Waals surface area contributed by atoms with E-state index in [1.807, 2.05) is 36.1 Å². The number of urea groups is 1. The Morgan fingerprint density at radius 3 is 2.65 bits per heavy atom. The first-order valence-corrected chi connectivity index (χ1v) is 7.27. The molecule has 3 rings (SSSR count). The summed E-state index contributed by atoms with van der Waals surface area (Å²) in [5.74, 6) is 1.03. The maximum absolute atomic E-state index is 12.0. The Morgan fingerprint density at radius 1 is 1.40 bits per heavy atom. The summed E-state index contributed by atoms with van der Waals surface area (Å²) in [6.45, 7) is 2.75. The van der Waals surface area contributed by atoms with Crippen molar-refractivity contribution in [3.05, 3.63) is 34.9 Å². The highest BCUT2D eigenvalue weighted by Crippen LogP contribution is 2.35. The molecule has 0 bridgehead atoms. The Morgan fingerprint density at radius 2 is 2.05 bits per heavy atom. The molecule has 5 heteroatoms. The molecule has 1 aromatic carbocycles. The number of amidine groups is 1. The van der Waals surface area contributed by atoms with Crippen LogP contribution >= 0.6 is 11.6 Å². The lowest BCUT2D eigenvalue weighted by Gasteiger charge is -2.35. The number of benzene rings is 1. The van der Waals surface area contributed by atoms with Crippen molar-refractivity contribution in [1.82, 2.24) is 4.90 Å². The average Bonchev–Trinajstić information content (AvgIpc) is 3.18. The summed E-state index contributed by atoms with van der Waals surface area (Å²) in [5, 5.41) is 0.706. The summed E-state index contributed by atoms with van der Waals surface area (Å²) in [4.78, 5) is 17.8. The first kappa shape index (κ1) is 13.4. The first-order valence-electron chi connectivity index (χ1n) is 6.90. The molecule has 1 aliphatic heterocycles. The third kappa shape index (κ3) is 2.40. The van der Waals surface area contributed by atoms with Gasteiger partial charge in [0.1, 0.15) is 11.4 Å². The van der Waals surface area contributed by atoms with Gasteiger partial charge in [-0.25, -0.2) is 4.79 Å². The highest BCUT2D eigenvalue weighted by Gasteiger charge is 2.46. The Hall–Kier alpha value is -1.55. The van der Waals surface area contributed by atoms with E-state index in [-0.39, 0.29) is 6.03 Å². The van der Waals surface area contributed by atoms with Crippen molar-refractivity contribution < 1.29 is 4.79 Å². The molecular formula is C15H18ClN3O. The molecule has 106 valence electrons. The van der Waals surface area contributed by atoms with Crippen molar-refractivity contribution in [2.45, 2.75) is 31.7 Å². The summed E-state index contributed by atoms with van der Waals surface area (Å²) in [7, 11) is 0. The second-order valence-electron chi connectivity index (χ2n) is 5.91. The molecule has 0 spiro atoms. The van der Waals surface area contributed by atoms with Gasteiger partial charge in [0.05, 0.1) is 0 Å². The van der Waals surface area contributed by atoms with Crippen LogP contribution < -0.4 is 5.73 Å². The summed E-state index contributed by atoms with van der Waals surface area (Å²) >= 11 is 5.91. The van der Waals surface area contributed by atoms with Crippen molar-refractivity contribution in [2.24, 2.45) is 16.6 Å². The molecule has 2 aliphatic rings. The zero-order chi connectivity index (χ0) is 14.3. The van der Waals surface area contributed by atoms with Crippen LogP contribution in [0.1, 0.15) is 25.3 Å². The monoisotopic (exact) mass is 291 g/mol. The normalized spacial score (nSPS) is 26.0. The van der Waals surface area contributed by atoms with Crippen molar-refractivity contribution in [3.8, 4) is 0 Å². The topological polar surface area (TPSA) is 58.7 Å². The summed E-state index contributed by atoms with van der Waals surface area (Å²) in [6.07, 6.45) is 3.05. The van der Waals surface area contributed by atoms with Crippen LogP contribution in [0.3, 0.4) is 0 Å². The van der Waals surface area contributed by atoms with E-state index in [0.29, 0.717) is 23.2 Å². The van der Waals surface area contributed by atoms with Crippen LogP contribution in [0.2, 0.25) is 5.02 Å². The Kier molecular flexibility index (Phi) is 3.21. The van der Waals surface area contributed by atoms with Gasteiger partial charge in [0.25, 0.3) is 0 Å². The van der Waals surface area contributed by atoms with E-state index >= 15 is 0 Å². The molecule has 1 saturated carbocycles. The lowest BCUT2D eigenvalue weighted by atomic mass is 9.90. The molecule has 1 atom stereocenters. The van der Waals surface area contributed by atoms with E-state index in [2.05, 4.69) is 4.99 Å². The third-order valence-electron chi connectivity index (χ3n) is 4.19. The number of nitrogens with zero attached hydrogens (tertiary/aromatic N) is 2. The third-order valence-corrected chi connectivity index (χ3v) is 4.45. The van der Waals surface area contributed by atoms with Gasteiger partial charge in [-0.2, -0.15) is 4.99 Å². The first-order chi connectivity index (χ1) is 9.49. The van der Waals surface area contributed by atoms with Gasteiger partial charge >= 0.3 is 6.03 Å². The van der Waals surface area contributed by atoms with Crippen molar-refractivity contribution >= 4 is 23.5 Å².